The van der Waals surface area contributed by atoms with Crippen LogP contribution in [0.1, 0.15) is 29.3 Å². The van der Waals surface area contributed by atoms with Gasteiger partial charge in [0, 0.05) is 11.8 Å². The molecule has 37 heavy (non-hydrogen) atoms. The van der Waals surface area contributed by atoms with Crippen molar-refractivity contribution in [3.05, 3.63) is 47.9 Å². The van der Waals surface area contributed by atoms with Crippen LogP contribution in [0.2, 0.25) is 0 Å². The molecule has 11 N–H and O–H groups in total. The average molecular weight is 524 g/mol. The van der Waals surface area contributed by atoms with Gasteiger partial charge in [0.15, 0.2) is 11.6 Å². The van der Waals surface area contributed by atoms with E-state index in [1.807, 2.05) is 6.92 Å². The van der Waals surface area contributed by atoms with Crippen molar-refractivity contribution < 1.29 is 45.4 Å². The lowest BCUT2D eigenvalue weighted by Crippen LogP contribution is -2.34. The third-order valence-electron chi connectivity index (χ3n) is 5.27. The van der Waals surface area contributed by atoms with Crippen LogP contribution >= 0.6 is 0 Å². The molecule has 0 bridgehead atoms. The Kier molecular flexibility index (Phi) is 9.61. The maximum absolute atomic E-state index is 9.84. The fourth-order valence-electron chi connectivity index (χ4n) is 3.11. The second-order valence-electron chi connectivity index (χ2n) is 8.07. The zero-order valence-corrected chi connectivity index (χ0v) is 19.5. The van der Waals surface area contributed by atoms with Gasteiger partial charge in [-0.2, -0.15) is 5.10 Å². The molecule has 0 saturated carbocycles. The highest BCUT2D eigenvalue weighted by Crippen LogP contribution is 2.22. The number of nitrogens with one attached hydrogen (secondary N) is 3. The number of aromatic nitrogens is 7. The van der Waals surface area contributed by atoms with E-state index in [2.05, 4.69) is 39.8 Å². The fourth-order valence-corrected chi connectivity index (χ4v) is 3.11. The first-order valence-corrected chi connectivity index (χ1v) is 11.0. The number of hydrogen-bond acceptors (Lipinski definition) is 13. The molecule has 0 aliphatic heterocycles. The molecule has 0 aliphatic carbocycles. The first kappa shape index (κ1) is 28.1. The summed E-state index contributed by atoms with van der Waals surface area (Å²) in [5.41, 5.74) is 2.33. The van der Waals surface area contributed by atoms with Gasteiger partial charge in [0.05, 0.1) is 37.0 Å². The summed E-state index contributed by atoms with van der Waals surface area (Å²) in [6.07, 6.45) is -4.60. The molecule has 0 aliphatic rings. The monoisotopic (exact) mass is 523 g/mol. The van der Waals surface area contributed by atoms with E-state index < -0.39 is 49.8 Å². The number of H-pyrrole nitrogens is 3. The third-order valence-corrected chi connectivity index (χ3v) is 5.27. The number of nitrogens with zero attached hydrogens (tertiary/aromatic N) is 4. The zero-order chi connectivity index (χ0) is 27.1. The van der Waals surface area contributed by atoms with Gasteiger partial charge in [-0.1, -0.05) is 5.16 Å². The van der Waals surface area contributed by atoms with Crippen LogP contribution in [0, 0.1) is 6.92 Å². The Bertz CT molecular complexity index is 1210. The van der Waals surface area contributed by atoms with Crippen LogP contribution in [0.25, 0.3) is 23.0 Å². The van der Waals surface area contributed by atoms with Crippen molar-refractivity contribution in [3.8, 4) is 23.0 Å². The molecule has 6 atom stereocenters. The molecule has 0 saturated heterocycles. The second kappa shape index (κ2) is 12.7. The van der Waals surface area contributed by atoms with Crippen molar-refractivity contribution >= 4 is 0 Å². The molecule has 0 spiro atoms. The summed E-state index contributed by atoms with van der Waals surface area (Å²) in [7, 11) is 0. The highest BCUT2D eigenvalue weighted by atomic mass is 16.5. The Balaban J connectivity index is 0.000000206. The van der Waals surface area contributed by atoms with E-state index >= 15 is 0 Å². The van der Waals surface area contributed by atoms with E-state index in [1.54, 1.807) is 12.1 Å². The third kappa shape index (κ3) is 6.85. The van der Waals surface area contributed by atoms with Gasteiger partial charge in [0.25, 0.3) is 0 Å². The van der Waals surface area contributed by atoms with Crippen LogP contribution in [0.5, 0.6) is 0 Å². The quantitative estimate of drug-likeness (QED) is 0.104. The molecule has 0 unspecified atom stereocenters. The van der Waals surface area contributed by atoms with Gasteiger partial charge in [-0.25, -0.2) is 9.97 Å². The van der Waals surface area contributed by atoms with Gasteiger partial charge >= 0.3 is 0 Å². The molecule has 16 nitrogen and oxygen atoms in total. The molecule has 0 amide bonds. The highest BCUT2D eigenvalue weighted by Gasteiger charge is 2.28. The molecule has 0 radical (unpaired) electrons. The molecule has 4 rings (SSSR count). The predicted molar refractivity (Wildman–Crippen MR) is 123 cm³/mol. The van der Waals surface area contributed by atoms with Gasteiger partial charge in [-0.3, -0.25) is 5.10 Å². The predicted octanol–water partition coefficient (Wildman–Crippen LogP) is -2.33. The fraction of sp³-hybridized carbons (Fsp3) is 0.429. The number of imidazole rings is 2. The van der Waals surface area contributed by atoms with Crippen molar-refractivity contribution in [1.82, 2.24) is 35.3 Å². The Hall–Kier alpha value is -3.48. The van der Waals surface area contributed by atoms with Gasteiger partial charge in [0.2, 0.25) is 0 Å². The Labute approximate surface area is 208 Å². The molecule has 0 aromatic carbocycles. The highest BCUT2D eigenvalue weighted by molar-refractivity contribution is 5.49. The van der Waals surface area contributed by atoms with Crippen LogP contribution in [0.4, 0.5) is 0 Å². The molecule has 4 aromatic rings. The molecule has 0 fully saturated rings. The van der Waals surface area contributed by atoms with Crippen LogP contribution in [-0.4, -0.2) is 114 Å². The molecular weight excluding hydrogens is 494 g/mol. The maximum Gasteiger partial charge on any atom is 0.159 e. The number of aliphatic hydroxyl groups is 8. The number of aliphatic hydroxyl groups excluding tert-OH is 8. The normalized spacial score (nSPS) is 16.4. The first-order chi connectivity index (χ1) is 17.7. The first-order valence-electron chi connectivity index (χ1n) is 11.0. The number of hydrogen-bond donors (Lipinski definition) is 11. The minimum Gasteiger partial charge on any atom is -0.394 e. The molecular formula is C21H29N7O9. The van der Waals surface area contributed by atoms with E-state index in [4.69, 9.17) is 10.2 Å². The van der Waals surface area contributed by atoms with E-state index in [1.165, 1.54) is 18.7 Å². The minimum atomic E-state index is -1.51. The Morgan fingerprint density at radius 2 is 1.32 bits per heavy atom. The lowest BCUT2D eigenvalue weighted by Gasteiger charge is -2.20. The lowest BCUT2D eigenvalue weighted by atomic mass is 10.1. The topological polar surface area (TPSA) is 274 Å². The van der Waals surface area contributed by atoms with E-state index in [9.17, 15) is 30.6 Å². The molecule has 16 heteroatoms. The second-order valence-corrected chi connectivity index (χ2v) is 8.07. The summed E-state index contributed by atoms with van der Waals surface area (Å²) in [5.74, 6) is 0.799. The number of rotatable bonds is 10. The Morgan fingerprint density at radius 3 is 1.73 bits per heavy atom. The van der Waals surface area contributed by atoms with E-state index in [-0.39, 0.29) is 11.4 Å². The summed E-state index contributed by atoms with van der Waals surface area (Å²) >= 11 is 0. The summed E-state index contributed by atoms with van der Waals surface area (Å²) in [4.78, 5) is 13.5. The Morgan fingerprint density at radius 1 is 0.811 bits per heavy atom. The average Bonchev–Trinajstić information content (AvgIpc) is 3.72. The van der Waals surface area contributed by atoms with Gasteiger partial charge in [-0.05, 0) is 13.0 Å². The summed E-state index contributed by atoms with van der Waals surface area (Å²) in [6.45, 7) is 0.552. The van der Waals surface area contributed by atoms with Gasteiger partial charge in [0.1, 0.15) is 54.3 Å². The van der Waals surface area contributed by atoms with Gasteiger partial charge < -0.3 is 55.3 Å². The van der Waals surface area contributed by atoms with Crippen LogP contribution in [-0.2, 0) is 0 Å². The van der Waals surface area contributed by atoms with E-state index in [0.29, 0.717) is 23.0 Å². The standard InChI is InChI=1S/C11H16N4O4.C10H13N3O5/c1-5-2-6(15-14-5)11-12-3-7(13-11)9(18)10(19)8(17)4-16;14-4-7(15)9(17)8(16)6-3-11-10(12-6)5-1-2-18-13-5/h2-3,8-10,16-19H,4H2,1H3,(H,12,13)(H,14,15);1-3,7-9,14-17H,4H2,(H,11,12)/t8-,9-,10-;7-,8-,9-/m11/s1. The number of aromatic amines is 3. The summed E-state index contributed by atoms with van der Waals surface area (Å²) in [6, 6.07) is 3.35. The summed E-state index contributed by atoms with van der Waals surface area (Å²) < 4.78 is 4.65. The van der Waals surface area contributed by atoms with Crippen molar-refractivity contribution in [3.63, 3.8) is 0 Å². The number of aryl methyl sites for hydroxylation is 1. The van der Waals surface area contributed by atoms with Crippen molar-refractivity contribution in [2.75, 3.05) is 13.2 Å². The SMILES string of the molecule is Cc1cc(-c2ncc([C@@H](O)[C@H](O)[C@H](O)CO)[nH]2)n[nH]1.OC[C@@H](O)[C@@H](O)[C@H](O)c1cnc(-c2ccon2)[nH]1. The smallest absolute Gasteiger partial charge is 0.159 e. The minimum absolute atomic E-state index is 0.202. The largest absolute Gasteiger partial charge is 0.394 e. The molecule has 4 aromatic heterocycles. The van der Waals surface area contributed by atoms with Crippen LogP contribution in [0.3, 0.4) is 0 Å². The van der Waals surface area contributed by atoms with Gasteiger partial charge in [-0.15, -0.1) is 0 Å². The lowest BCUT2D eigenvalue weighted by molar-refractivity contribution is -0.0788. The molecule has 202 valence electrons. The molecule has 4 heterocycles. The van der Waals surface area contributed by atoms with E-state index in [0.717, 1.165) is 5.69 Å². The zero-order valence-electron chi connectivity index (χ0n) is 19.5. The van der Waals surface area contributed by atoms with Crippen LogP contribution in [0.15, 0.2) is 35.3 Å². The van der Waals surface area contributed by atoms with Crippen molar-refractivity contribution in [2.45, 2.75) is 43.5 Å². The van der Waals surface area contributed by atoms with Crippen LogP contribution < -0.4 is 0 Å². The summed E-state index contributed by atoms with van der Waals surface area (Å²) in [5, 5.41) is 85.1. The van der Waals surface area contributed by atoms with Crippen molar-refractivity contribution in [1.29, 1.82) is 0 Å². The van der Waals surface area contributed by atoms with Crippen molar-refractivity contribution in [2.24, 2.45) is 0 Å². The maximum atomic E-state index is 9.84.